The third kappa shape index (κ3) is 3.07. The van der Waals surface area contributed by atoms with Crippen molar-refractivity contribution in [2.24, 2.45) is 0 Å². The van der Waals surface area contributed by atoms with E-state index in [4.69, 9.17) is 11.6 Å². The summed E-state index contributed by atoms with van der Waals surface area (Å²) in [4.78, 5) is 4.09. The summed E-state index contributed by atoms with van der Waals surface area (Å²) >= 11 is 5.91. The molecule has 0 amide bonds. The molecule has 0 unspecified atom stereocenters. The van der Waals surface area contributed by atoms with Gasteiger partial charge in [0.1, 0.15) is 0 Å². The number of pyridine rings is 1. The van der Waals surface area contributed by atoms with Crippen LogP contribution in [-0.2, 0) is 12.8 Å². The van der Waals surface area contributed by atoms with E-state index in [0.29, 0.717) is 0 Å². The second-order valence-electron chi connectivity index (χ2n) is 3.49. The van der Waals surface area contributed by atoms with E-state index in [1.165, 1.54) is 11.1 Å². The zero-order valence-electron chi connectivity index (χ0n) is 8.36. The zero-order valence-corrected chi connectivity index (χ0v) is 9.11. The monoisotopic (exact) mass is 217 g/mol. The fraction of sp³-hybridized carbons (Fsp3) is 0.154. The summed E-state index contributed by atoms with van der Waals surface area (Å²) < 4.78 is 0. The van der Waals surface area contributed by atoms with Gasteiger partial charge in [-0.05, 0) is 42.2 Å². The minimum Gasteiger partial charge on any atom is -0.264 e. The highest BCUT2D eigenvalue weighted by atomic mass is 35.5. The second-order valence-corrected chi connectivity index (χ2v) is 3.93. The molecule has 0 saturated carbocycles. The van der Waals surface area contributed by atoms with E-state index in [1.807, 2.05) is 30.5 Å². The number of hydrogen-bond donors (Lipinski definition) is 0. The first kappa shape index (κ1) is 10.2. The van der Waals surface area contributed by atoms with E-state index >= 15 is 0 Å². The predicted octanol–water partition coefficient (Wildman–Crippen LogP) is 3.52. The lowest BCUT2D eigenvalue weighted by atomic mass is 10.1. The number of benzene rings is 1. The average Bonchev–Trinajstić information content (AvgIpc) is 2.28. The van der Waals surface area contributed by atoms with Gasteiger partial charge in [0.15, 0.2) is 0 Å². The van der Waals surface area contributed by atoms with E-state index in [0.717, 1.165) is 17.9 Å². The Morgan fingerprint density at radius 1 is 1.00 bits per heavy atom. The van der Waals surface area contributed by atoms with Crippen molar-refractivity contribution in [2.75, 3.05) is 0 Å². The number of rotatable bonds is 3. The molecule has 1 aromatic carbocycles. The lowest BCUT2D eigenvalue weighted by Gasteiger charge is -2.01. The van der Waals surface area contributed by atoms with Crippen LogP contribution in [0.3, 0.4) is 0 Å². The first-order chi connectivity index (χ1) is 7.34. The number of aromatic nitrogens is 1. The van der Waals surface area contributed by atoms with E-state index in [1.54, 1.807) is 6.20 Å². The topological polar surface area (TPSA) is 12.9 Å². The molecule has 0 radical (unpaired) electrons. The number of hydrogen-bond acceptors (Lipinski definition) is 1. The van der Waals surface area contributed by atoms with Crippen LogP contribution in [0.2, 0.25) is 5.02 Å². The van der Waals surface area contributed by atoms with Gasteiger partial charge in [0, 0.05) is 17.4 Å². The molecule has 2 heteroatoms. The van der Waals surface area contributed by atoms with Crippen molar-refractivity contribution >= 4 is 11.6 Å². The smallest absolute Gasteiger partial charge is 0.0408 e. The molecule has 0 bridgehead atoms. The highest BCUT2D eigenvalue weighted by Crippen LogP contribution is 2.12. The Hall–Kier alpha value is -1.34. The Balaban J connectivity index is 1.99. The van der Waals surface area contributed by atoms with Gasteiger partial charge >= 0.3 is 0 Å². The molecule has 0 N–H and O–H groups in total. The van der Waals surface area contributed by atoms with Gasteiger partial charge in [0.25, 0.3) is 0 Å². The summed E-state index contributed by atoms with van der Waals surface area (Å²) in [6, 6.07) is 12.1. The van der Waals surface area contributed by atoms with Crippen molar-refractivity contribution in [3.05, 3.63) is 64.9 Å². The van der Waals surface area contributed by atoms with Crippen LogP contribution in [0.1, 0.15) is 11.1 Å². The minimum absolute atomic E-state index is 0.804. The molecule has 0 spiro atoms. The van der Waals surface area contributed by atoms with Crippen LogP contribution >= 0.6 is 11.6 Å². The summed E-state index contributed by atoms with van der Waals surface area (Å²) in [5.74, 6) is 0. The molecule has 1 nitrogen and oxygen atoms in total. The molecule has 15 heavy (non-hydrogen) atoms. The van der Waals surface area contributed by atoms with Gasteiger partial charge in [-0.15, -0.1) is 0 Å². The molecule has 0 atom stereocenters. The van der Waals surface area contributed by atoms with Gasteiger partial charge in [-0.25, -0.2) is 0 Å². The number of aryl methyl sites for hydroxylation is 2. The third-order valence-corrected chi connectivity index (χ3v) is 2.55. The van der Waals surface area contributed by atoms with Crippen LogP contribution in [0.4, 0.5) is 0 Å². The molecule has 0 fully saturated rings. The van der Waals surface area contributed by atoms with Crippen molar-refractivity contribution in [3.63, 3.8) is 0 Å². The van der Waals surface area contributed by atoms with Gasteiger partial charge in [0.2, 0.25) is 0 Å². The summed E-state index contributed by atoms with van der Waals surface area (Å²) in [7, 11) is 0. The first-order valence-electron chi connectivity index (χ1n) is 4.98. The Bertz CT molecular complexity index is 426. The lowest BCUT2D eigenvalue weighted by molar-refractivity contribution is 0.950. The summed E-state index contributed by atoms with van der Waals surface area (Å²) in [6.45, 7) is 0. The SMILES string of the molecule is Clc1cccc(CCc2cccnc2)c1. The minimum atomic E-state index is 0.804. The van der Waals surface area contributed by atoms with E-state index in [2.05, 4.69) is 17.1 Å². The molecule has 0 aliphatic carbocycles. The molecule has 0 saturated heterocycles. The molecule has 76 valence electrons. The maximum Gasteiger partial charge on any atom is 0.0408 e. The number of nitrogens with zero attached hydrogens (tertiary/aromatic N) is 1. The fourth-order valence-electron chi connectivity index (χ4n) is 1.53. The highest BCUT2D eigenvalue weighted by molar-refractivity contribution is 6.30. The molecule has 2 aromatic rings. The summed E-state index contributed by atoms with van der Waals surface area (Å²) in [6.07, 6.45) is 5.72. The maximum atomic E-state index is 5.91. The molecule has 1 heterocycles. The summed E-state index contributed by atoms with van der Waals surface area (Å²) in [5.41, 5.74) is 2.53. The van der Waals surface area contributed by atoms with E-state index < -0.39 is 0 Å². The first-order valence-corrected chi connectivity index (χ1v) is 5.36. The van der Waals surface area contributed by atoms with Crippen molar-refractivity contribution in [1.29, 1.82) is 0 Å². The molecule has 1 aromatic heterocycles. The standard InChI is InChI=1S/C13H12ClN/c14-13-5-1-3-11(9-13)6-7-12-4-2-8-15-10-12/h1-5,8-10H,6-7H2. The summed E-state index contributed by atoms with van der Waals surface area (Å²) in [5, 5.41) is 0.804. The van der Waals surface area contributed by atoms with Crippen LogP contribution in [0, 0.1) is 0 Å². The maximum absolute atomic E-state index is 5.91. The van der Waals surface area contributed by atoms with Crippen molar-refractivity contribution < 1.29 is 0 Å². The van der Waals surface area contributed by atoms with Crippen LogP contribution in [0.25, 0.3) is 0 Å². The van der Waals surface area contributed by atoms with Crippen LogP contribution in [0.5, 0.6) is 0 Å². The van der Waals surface area contributed by atoms with Gasteiger partial charge in [-0.3, -0.25) is 4.98 Å². The normalized spacial score (nSPS) is 10.2. The largest absolute Gasteiger partial charge is 0.264 e. The van der Waals surface area contributed by atoms with Gasteiger partial charge in [0.05, 0.1) is 0 Å². The zero-order chi connectivity index (χ0) is 10.5. The second kappa shape index (κ2) is 4.94. The van der Waals surface area contributed by atoms with Crippen molar-refractivity contribution in [3.8, 4) is 0 Å². The predicted molar refractivity (Wildman–Crippen MR) is 63.1 cm³/mol. The lowest BCUT2D eigenvalue weighted by Crippen LogP contribution is -1.91. The third-order valence-electron chi connectivity index (χ3n) is 2.31. The molecular weight excluding hydrogens is 206 g/mol. The van der Waals surface area contributed by atoms with Crippen LogP contribution in [-0.4, -0.2) is 4.98 Å². The quantitative estimate of drug-likeness (QED) is 0.767. The Labute approximate surface area is 94.7 Å². The number of halogens is 1. The molecular formula is C13H12ClN. The van der Waals surface area contributed by atoms with E-state index in [9.17, 15) is 0 Å². The van der Waals surface area contributed by atoms with Crippen LogP contribution < -0.4 is 0 Å². The Morgan fingerprint density at radius 3 is 2.53 bits per heavy atom. The average molecular weight is 218 g/mol. The van der Waals surface area contributed by atoms with Crippen molar-refractivity contribution in [2.45, 2.75) is 12.8 Å². The van der Waals surface area contributed by atoms with Crippen LogP contribution in [0.15, 0.2) is 48.8 Å². The highest BCUT2D eigenvalue weighted by Gasteiger charge is 1.96. The van der Waals surface area contributed by atoms with Gasteiger partial charge in [-0.1, -0.05) is 29.8 Å². The fourth-order valence-corrected chi connectivity index (χ4v) is 1.74. The molecule has 0 aliphatic rings. The van der Waals surface area contributed by atoms with E-state index in [-0.39, 0.29) is 0 Å². The van der Waals surface area contributed by atoms with Gasteiger partial charge < -0.3 is 0 Å². The molecule has 0 aliphatic heterocycles. The van der Waals surface area contributed by atoms with Crippen molar-refractivity contribution in [1.82, 2.24) is 4.98 Å². The van der Waals surface area contributed by atoms with Gasteiger partial charge in [-0.2, -0.15) is 0 Å². The molecule has 2 rings (SSSR count). The Kier molecular flexibility index (Phi) is 3.36. The Morgan fingerprint density at radius 2 is 1.80 bits per heavy atom.